The summed E-state index contributed by atoms with van der Waals surface area (Å²) >= 11 is 0. The molecule has 1 atom stereocenters. The summed E-state index contributed by atoms with van der Waals surface area (Å²) in [6.45, 7) is 2.41. The monoisotopic (exact) mass is 312 g/mol. The Labute approximate surface area is 132 Å². The van der Waals surface area contributed by atoms with E-state index in [1.165, 1.54) is 0 Å². The smallest absolute Gasteiger partial charge is 0.241 e. The van der Waals surface area contributed by atoms with Gasteiger partial charge in [-0.25, -0.2) is 0 Å². The highest BCUT2D eigenvalue weighted by Crippen LogP contribution is 2.20. The molecule has 1 aliphatic rings. The molecule has 0 saturated carbocycles. The maximum atomic E-state index is 5.95. The number of ether oxygens (including phenoxy) is 1. The van der Waals surface area contributed by atoms with Gasteiger partial charge in [0.15, 0.2) is 0 Å². The van der Waals surface area contributed by atoms with Crippen LogP contribution >= 0.6 is 0 Å². The fourth-order valence-electron chi connectivity index (χ4n) is 2.67. The van der Waals surface area contributed by atoms with Crippen molar-refractivity contribution in [3.05, 3.63) is 49.0 Å². The number of nitrogens with zero attached hydrogens (tertiary/aromatic N) is 4. The average Bonchev–Trinajstić information content (AvgIpc) is 3.30. The van der Waals surface area contributed by atoms with Gasteiger partial charge >= 0.3 is 0 Å². The number of likely N-dealkylation sites (tertiary alicyclic amines) is 1. The van der Waals surface area contributed by atoms with E-state index in [0.29, 0.717) is 18.3 Å². The lowest BCUT2D eigenvalue weighted by Gasteiger charge is -2.15. The molecule has 0 amide bonds. The van der Waals surface area contributed by atoms with E-state index in [2.05, 4.69) is 20.0 Å². The van der Waals surface area contributed by atoms with Crippen LogP contribution in [0.2, 0.25) is 0 Å². The zero-order valence-electron chi connectivity index (χ0n) is 12.5. The second-order valence-corrected chi connectivity index (χ2v) is 5.47. The lowest BCUT2D eigenvalue weighted by atomic mass is 10.3. The molecule has 23 heavy (non-hydrogen) atoms. The van der Waals surface area contributed by atoms with Crippen molar-refractivity contribution in [2.75, 3.05) is 13.1 Å². The summed E-state index contributed by atoms with van der Waals surface area (Å²) in [5.74, 6) is 2.01. The second-order valence-electron chi connectivity index (χ2n) is 5.47. The van der Waals surface area contributed by atoms with E-state index in [1.54, 1.807) is 24.9 Å². The minimum atomic E-state index is 0.175. The van der Waals surface area contributed by atoms with Gasteiger partial charge in [0.05, 0.1) is 18.4 Å². The van der Waals surface area contributed by atoms with Crippen LogP contribution in [0.5, 0.6) is 5.75 Å². The molecule has 0 bridgehead atoms. The van der Waals surface area contributed by atoms with E-state index in [-0.39, 0.29) is 6.10 Å². The van der Waals surface area contributed by atoms with Crippen molar-refractivity contribution in [1.82, 2.24) is 20.0 Å². The minimum absolute atomic E-state index is 0.175. The SMILES string of the molecule is c1cc(O[C@H]2CCN(Cc3nc(-c4ccoc4)no3)C2)ccn1. The Morgan fingerprint density at radius 2 is 2.17 bits per heavy atom. The molecule has 0 spiro atoms. The molecule has 3 aromatic heterocycles. The van der Waals surface area contributed by atoms with Crippen LogP contribution < -0.4 is 4.74 Å². The molecule has 0 aromatic carbocycles. The molecule has 0 aliphatic carbocycles. The van der Waals surface area contributed by atoms with Crippen molar-refractivity contribution < 1.29 is 13.7 Å². The Kier molecular flexibility index (Phi) is 3.77. The van der Waals surface area contributed by atoms with Crippen LogP contribution in [0.4, 0.5) is 0 Å². The maximum absolute atomic E-state index is 5.95. The molecule has 4 heterocycles. The van der Waals surface area contributed by atoms with Crippen molar-refractivity contribution in [1.29, 1.82) is 0 Å². The molecule has 0 N–H and O–H groups in total. The van der Waals surface area contributed by atoms with Gasteiger partial charge in [-0.2, -0.15) is 4.98 Å². The number of hydrogen-bond acceptors (Lipinski definition) is 7. The van der Waals surface area contributed by atoms with Crippen molar-refractivity contribution in [2.24, 2.45) is 0 Å². The van der Waals surface area contributed by atoms with Gasteiger partial charge in [0, 0.05) is 25.5 Å². The van der Waals surface area contributed by atoms with Crippen LogP contribution in [0.15, 0.2) is 52.1 Å². The van der Waals surface area contributed by atoms with Gasteiger partial charge in [-0.1, -0.05) is 5.16 Å². The third-order valence-corrected chi connectivity index (χ3v) is 3.79. The summed E-state index contributed by atoms with van der Waals surface area (Å²) in [6.07, 6.45) is 7.81. The van der Waals surface area contributed by atoms with Crippen LogP contribution in [0, 0.1) is 0 Å². The molecule has 1 saturated heterocycles. The summed E-state index contributed by atoms with van der Waals surface area (Å²) in [7, 11) is 0. The molecule has 3 aromatic rings. The van der Waals surface area contributed by atoms with Gasteiger partial charge < -0.3 is 13.7 Å². The standard InChI is InChI=1S/C16H16N4O3/c1-5-17-6-2-13(1)22-14-3-7-20(9-14)10-15-18-16(19-23-15)12-4-8-21-11-12/h1-2,4-6,8,11,14H,3,7,9-10H2/t14-/m0/s1. The van der Waals surface area contributed by atoms with Crippen molar-refractivity contribution in [2.45, 2.75) is 19.1 Å². The van der Waals surface area contributed by atoms with Crippen LogP contribution in [0.1, 0.15) is 12.3 Å². The Balaban J connectivity index is 1.34. The normalized spacial score (nSPS) is 18.3. The molecule has 0 unspecified atom stereocenters. The number of hydrogen-bond donors (Lipinski definition) is 0. The molecule has 1 aliphatic heterocycles. The predicted molar refractivity (Wildman–Crippen MR) is 80.5 cm³/mol. The Hall–Kier alpha value is -2.67. The van der Waals surface area contributed by atoms with Gasteiger partial charge in [0.2, 0.25) is 11.7 Å². The molecule has 0 radical (unpaired) electrons. The number of rotatable bonds is 5. The lowest BCUT2D eigenvalue weighted by molar-refractivity contribution is 0.190. The third kappa shape index (κ3) is 3.24. The van der Waals surface area contributed by atoms with Gasteiger partial charge in [0.25, 0.3) is 0 Å². The molecule has 7 heteroatoms. The minimum Gasteiger partial charge on any atom is -0.489 e. The van der Waals surface area contributed by atoms with Crippen LogP contribution in [0.25, 0.3) is 11.4 Å². The molecule has 4 rings (SSSR count). The number of pyridine rings is 1. The van der Waals surface area contributed by atoms with Crippen LogP contribution in [0.3, 0.4) is 0 Å². The topological polar surface area (TPSA) is 77.4 Å². The Morgan fingerprint density at radius 3 is 3.00 bits per heavy atom. The molecular weight excluding hydrogens is 296 g/mol. The lowest BCUT2D eigenvalue weighted by Crippen LogP contribution is -2.24. The summed E-state index contributed by atoms with van der Waals surface area (Å²) in [6, 6.07) is 5.55. The summed E-state index contributed by atoms with van der Waals surface area (Å²) in [5, 5.41) is 3.98. The van der Waals surface area contributed by atoms with E-state index in [4.69, 9.17) is 13.7 Å². The first-order chi connectivity index (χ1) is 11.4. The predicted octanol–water partition coefficient (Wildman–Crippen LogP) is 2.38. The second kappa shape index (κ2) is 6.21. The third-order valence-electron chi connectivity index (χ3n) is 3.79. The van der Waals surface area contributed by atoms with Gasteiger partial charge in [0.1, 0.15) is 18.1 Å². The number of furan rings is 1. The van der Waals surface area contributed by atoms with Crippen molar-refractivity contribution in [3.63, 3.8) is 0 Å². The summed E-state index contributed by atoms with van der Waals surface area (Å²) < 4.78 is 16.3. The fourth-order valence-corrected chi connectivity index (χ4v) is 2.67. The first-order valence-corrected chi connectivity index (χ1v) is 7.51. The first-order valence-electron chi connectivity index (χ1n) is 7.51. The Bertz CT molecular complexity index is 742. The van der Waals surface area contributed by atoms with Gasteiger partial charge in [-0.15, -0.1) is 0 Å². The fraction of sp³-hybridized carbons (Fsp3) is 0.312. The maximum Gasteiger partial charge on any atom is 0.241 e. The molecule has 118 valence electrons. The van der Waals surface area contributed by atoms with E-state index >= 15 is 0 Å². The summed E-state index contributed by atoms with van der Waals surface area (Å²) in [4.78, 5) is 10.6. The largest absolute Gasteiger partial charge is 0.489 e. The van der Waals surface area contributed by atoms with E-state index in [9.17, 15) is 0 Å². The van der Waals surface area contributed by atoms with E-state index in [1.807, 2.05) is 18.2 Å². The quantitative estimate of drug-likeness (QED) is 0.715. The zero-order valence-corrected chi connectivity index (χ0v) is 12.5. The molecule has 1 fully saturated rings. The Morgan fingerprint density at radius 1 is 1.26 bits per heavy atom. The highest BCUT2D eigenvalue weighted by molar-refractivity contribution is 5.51. The van der Waals surface area contributed by atoms with Crippen LogP contribution in [-0.4, -0.2) is 39.2 Å². The number of aromatic nitrogens is 3. The first kappa shape index (κ1) is 14.0. The van der Waals surface area contributed by atoms with Crippen LogP contribution in [-0.2, 0) is 6.54 Å². The highest BCUT2D eigenvalue weighted by atomic mass is 16.5. The van der Waals surface area contributed by atoms with Gasteiger partial charge in [-0.05, 0) is 24.6 Å². The van der Waals surface area contributed by atoms with E-state index in [0.717, 1.165) is 30.8 Å². The highest BCUT2D eigenvalue weighted by Gasteiger charge is 2.25. The van der Waals surface area contributed by atoms with Gasteiger partial charge in [-0.3, -0.25) is 9.88 Å². The van der Waals surface area contributed by atoms with Crippen molar-refractivity contribution in [3.8, 4) is 17.1 Å². The van der Waals surface area contributed by atoms with E-state index < -0.39 is 0 Å². The summed E-state index contributed by atoms with van der Waals surface area (Å²) in [5.41, 5.74) is 0.820. The average molecular weight is 312 g/mol. The van der Waals surface area contributed by atoms with Crippen molar-refractivity contribution >= 4 is 0 Å². The molecule has 7 nitrogen and oxygen atoms in total. The zero-order chi connectivity index (χ0) is 15.5. The molecular formula is C16H16N4O3.